The van der Waals surface area contributed by atoms with Crippen molar-refractivity contribution in [3.63, 3.8) is 0 Å². The van der Waals surface area contributed by atoms with Crippen molar-refractivity contribution in [2.75, 3.05) is 39.4 Å². The molecule has 0 unspecified atom stereocenters. The standard InChI is InChI=1S/C22H28N2O3/c1-17(25)18-5-2-6-19(15-18)20-7-3-8-21(16-20)22(26)23-9-4-10-24-11-13-27-14-12-24/h2-3,5-8,15-17,25H,4,9-14H2,1H3,(H,23,26)/t17-/m1/s1. The third-order valence-corrected chi connectivity index (χ3v) is 4.87. The van der Waals surface area contributed by atoms with E-state index in [0.717, 1.165) is 56.0 Å². The number of rotatable bonds is 7. The van der Waals surface area contributed by atoms with Crippen molar-refractivity contribution in [1.82, 2.24) is 10.2 Å². The Morgan fingerprint density at radius 1 is 1.15 bits per heavy atom. The molecule has 1 heterocycles. The van der Waals surface area contributed by atoms with Crippen molar-refractivity contribution >= 4 is 5.91 Å². The Balaban J connectivity index is 1.56. The van der Waals surface area contributed by atoms with Crippen LogP contribution < -0.4 is 5.32 Å². The monoisotopic (exact) mass is 368 g/mol. The predicted molar refractivity (Wildman–Crippen MR) is 107 cm³/mol. The molecule has 1 atom stereocenters. The molecule has 5 nitrogen and oxygen atoms in total. The summed E-state index contributed by atoms with van der Waals surface area (Å²) in [5, 5.41) is 12.8. The molecule has 27 heavy (non-hydrogen) atoms. The number of nitrogens with zero attached hydrogens (tertiary/aromatic N) is 1. The quantitative estimate of drug-likeness (QED) is 0.738. The van der Waals surface area contributed by atoms with Crippen LogP contribution >= 0.6 is 0 Å². The highest BCUT2D eigenvalue weighted by Gasteiger charge is 2.11. The lowest BCUT2D eigenvalue weighted by molar-refractivity contribution is 0.0374. The SMILES string of the molecule is C[C@@H](O)c1cccc(-c2cccc(C(=O)NCCCN3CCOCC3)c2)c1. The summed E-state index contributed by atoms with van der Waals surface area (Å²) in [4.78, 5) is 14.8. The number of aliphatic hydroxyl groups excluding tert-OH is 1. The number of amides is 1. The molecule has 0 aliphatic carbocycles. The molecule has 0 saturated carbocycles. The molecule has 0 radical (unpaired) electrons. The zero-order valence-corrected chi connectivity index (χ0v) is 15.9. The average molecular weight is 368 g/mol. The third kappa shape index (κ3) is 5.63. The van der Waals surface area contributed by atoms with E-state index in [2.05, 4.69) is 10.2 Å². The van der Waals surface area contributed by atoms with E-state index in [1.54, 1.807) is 6.92 Å². The second-order valence-corrected chi connectivity index (χ2v) is 6.95. The Morgan fingerprint density at radius 2 is 1.85 bits per heavy atom. The van der Waals surface area contributed by atoms with Gasteiger partial charge in [-0.25, -0.2) is 0 Å². The Bertz CT molecular complexity index is 755. The van der Waals surface area contributed by atoms with Crippen molar-refractivity contribution in [2.24, 2.45) is 0 Å². The molecule has 3 rings (SSSR count). The van der Waals surface area contributed by atoms with Gasteiger partial charge in [0.1, 0.15) is 0 Å². The molecule has 2 aromatic rings. The van der Waals surface area contributed by atoms with E-state index in [9.17, 15) is 9.90 Å². The molecule has 1 aliphatic heterocycles. The summed E-state index contributed by atoms with van der Waals surface area (Å²) >= 11 is 0. The molecule has 1 amide bonds. The van der Waals surface area contributed by atoms with Crippen LogP contribution in [0.1, 0.15) is 35.4 Å². The van der Waals surface area contributed by atoms with Gasteiger partial charge in [0.15, 0.2) is 0 Å². The van der Waals surface area contributed by atoms with Crippen molar-refractivity contribution < 1.29 is 14.6 Å². The molecule has 0 aromatic heterocycles. The van der Waals surface area contributed by atoms with E-state index in [-0.39, 0.29) is 5.91 Å². The molecule has 1 fully saturated rings. The average Bonchev–Trinajstić information content (AvgIpc) is 2.72. The van der Waals surface area contributed by atoms with E-state index in [0.29, 0.717) is 12.1 Å². The van der Waals surface area contributed by atoms with Crippen LogP contribution in [0.5, 0.6) is 0 Å². The number of carbonyl (C=O) groups is 1. The van der Waals surface area contributed by atoms with Gasteiger partial charge in [0, 0.05) is 25.2 Å². The second-order valence-electron chi connectivity index (χ2n) is 6.95. The second kappa shape index (κ2) is 9.65. The van der Waals surface area contributed by atoms with Gasteiger partial charge in [-0.1, -0.05) is 30.3 Å². The van der Waals surface area contributed by atoms with Gasteiger partial charge in [-0.15, -0.1) is 0 Å². The van der Waals surface area contributed by atoms with Crippen LogP contribution in [-0.2, 0) is 4.74 Å². The fourth-order valence-electron chi connectivity index (χ4n) is 3.25. The topological polar surface area (TPSA) is 61.8 Å². The van der Waals surface area contributed by atoms with Gasteiger partial charge >= 0.3 is 0 Å². The summed E-state index contributed by atoms with van der Waals surface area (Å²) in [5.41, 5.74) is 3.49. The van der Waals surface area contributed by atoms with Crippen LogP contribution in [0.15, 0.2) is 48.5 Å². The molecule has 144 valence electrons. The Hall–Kier alpha value is -2.21. The first kappa shape index (κ1) is 19.5. The van der Waals surface area contributed by atoms with Gasteiger partial charge < -0.3 is 15.2 Å². The minimum atomic E-state index is -0.511. The molecule has 0 spiro atoms. The first-order valence-electron chi connectivity index (χ1n) is 9.60. The van der Waals surface area contributed by atoms with Crippen LogP contribution in [0.3, 0.4) is 0 Å². The molecule has 2 N–H and O–H groups in total. The van der Waals surface area contributed by atoms with E-state index < -0.39 is 6.10 Å². The highest BCUT2D eigenvalue weighted by atomic mass is 16.5. The lowest BCUT2D eigenvalue weighted by Crippen LogP contribution is -2.38. The Labute approximate surface area is 161 Å². The van der Waals surface area contributed by atoms with E-state index in [1.807, 2.05) is 48.5 Å². The molecule has 1 aliphatic rings. The highest BCUT2D eigenvalue weighted by Crippen LogP contribution is 2.24. The third-order valence-electron chi connectivity index (χ3n) is 4.87. The number of aliphatic hydroxyl groups is 1. The van der Waals surface area contributed by atoms with Gasteiger partial charge in [-0.2, -0.15) is 0 Å². The number of hydrogen-bond donors (Lipinski definition) is 2. The van der Waals surface area contributed by atoms with Crippen LogP contribution in [0.2, 0.25) is 0 Å². The summed E-state index contributed by atoms with van der Waals surface area (Å²) in [6, 6.07) is 15.4. The number of hydrogen-bond acceptors (Lipinski definition) is 4. The van der Waals surface area contributed by atoms with Crippen LogP contribution in [0, 0.1) is 0 Å². The van der Waals surface area contributed by atoms with Gasteiger partial charge in [-0.05, 0) is 54.8 Å². The number of carbonyl (C=O) groups excluding carboxylic acids is 1. The van der Waals surface area contributed by atoms with Crippen molar-refractivity contribution in [3.8, 4) is 11.1 Å². The van der Waals surface area contributed by atoms with E-state index in [4.69, 9.17) is 4.74 Å². The minimum absolute atomic E-state index is 0.0505. The number of nitrogens with one attached hydrogen (secondary N) is 1. The van der Waals surface area contributed by atoms with Crippen molar-refractivity contribution in [2.45, 2.75) is 19.4 Å². The molecule has 1 saturated heterocycles. The van der Waals surface area contributed by atoms with Crippen LogP contribution in [-0.4, -0.2) is 55.3 Å². The lowest BCUT2D eigenvalue weighted by atomic mass is 9.99. The number of ether oxygens (including phenoxy) is 1. The maximum Gasteiger partial charge on any atom is 0.251 e. The Kier molecular flexibility index (Phi) is 6.98. The summed E-state index contributed by atoms with van der Waals surface area (Å²) in [6.45, 7) is 6.95. The zero-order chi connectivity index (χ0) is 19.1. The molecule has 2 aromatic carbocycles. The highest BCUT2D eigenvalue weighted by molar-refractivity contribution is 5.95. The van der Waals surface area contributed by atoms with Gasteiger partial charge in [-0.3, -0.25) is 9.69 Å². The maximum atomic E-state index is 12.5. The first-order valence-corrected chi connectivity index (χ1v) is 9.60. The summed E-state index contributed by atoms with van der Waals surface area (Å²) in [6.07, 6.45) is 0.421. The van der Waals surface area contributed by atoms with Gasteiger partial charge in [0.25, 0.3) is 5.91 Å². The maximum absolute atomic E-state index is 12.5. The summed E-state index contributed by atoms with van der Waals surface area (Å²) in [7, 11) is 0. The fraction of sp³-hybridized carbons (Fsp3) is 0.409. The summed E-state index contributed by atoms with van der Waals surface area (Å²) < 4.78 is 5.34. The minimum Gasteiger partial charge on any atom is -0.389 e. The smallest absolute Gasteiger partial charge is 0.251 e. The predicted octanol–water partition coefficient (Wildman–Crippen LogP) is 2.86. The van der Waals surface area contributed by atoms with E-state index in [1.165, 1.54) is 0 Å². The van der Waals surface area contributed by atoms with Crippen molar-refractivity contribution in [1.29, 1.82) is 0 Å². The molecule has 5 heteroatoms. The first-order chi connectivity index (χ1) is 13.1. The molecule has 0 bridgehead atoms. The zero-order valence-electron chi connectivity index (χ0n) is 15.9. The normalized spacial score (nSPS) is 16.1. The lowest BCUT2D eigenvalue weighted by Gasteiger charge is -2.26. The summed E-state index contributed by atoms with van der Waals surface area (Å²) in [5.74, 6) is -0.0505. The van der Waals surface area contributed by atoms with Crippen molar-refractivity contribution in [3.05, 3.63) is 59.7 Å². The van der Waals surface area contributed by atoms with Crippen LogP contribution in [0.4, 0.5) is 0 Å². The van der Waals surface area contributed by atoms with Crippen LogP contribution in [0.25, 0.3) is 11.1 Å². The van der Waals surface area contributed by atoms with E-state index >= 15 is 0 Å². The van der Waals surface area contributed by atoms with Gasteiger partial charge in [0.05, 0.1) is 19.3 Å². The van der Waals surface area contributed by atoms with Gasteiger partial charge in [0.2, 0.25) is 0 Å². The molecular weight excluding hydrogens is 340 g/mol. The largest absolute Gasteiger partial charge is 0.389 e. The number of morpholine rings is 1. The Morgan fingerprint density at radius 3 is 2.59 bits per heavy atom. The fourth-order valence-corrected chi connectivity index (χ4v) is 3.25. The number of benzene rings is 2. The molecular formula is C22H28N2O3.